The number of fused-ring (bicyclic) bond motifs is 1. The Kier molecular flexibility index (Phi) is 6.04. The number of para-hydroxylation sites is 1. The Bertz CT molecular complexity index is 865. The van der Waals surface area contributed by atoms with E-state index in [1.54, 1.807) is 6.33 Å². The van der Waals surface area contributed by atoms with Crippen molar-refractivity contribution in [3.63, 3.8) is 0 Å². The predicted octanol–water partition coefficient (Wildman–Crippen LogP) is 4.75. The van der Waals surface area contributed by atoms with Crippen LogP contribution in [0.25, 0.3) is 10.9 Å². The highest BCUT2D eigenvalue weighted by Crippen LogP contribution is 2.24. The summed E-state index contributed by atoms with van der Waals surface area (Å²) in [6, 6.07) is 15.9. The van der Waals surface area contributed by atoms with Gasteiger partial charge in [0.2, 0.25) is 5.91 Å². The quantitative estimate of drug-likeness (QED) is 0.465. The number of carbonyl (C=O) groups is 1. The molecule has 4 nitrogen and oxygen atoms in total. The van der Waals surface area contributed by atoms with Crippen LogP contribution in [0.2, 0.25) is 0 Å². The summed E-state index contributed by atoms with van der Waals surface area (Å²) in [6.45, 7) is 2.07. The minimum Gasteiger partial charge on any atom is -0.349 e. The van der Waals surface area contributed by atoms with Crippen molar-refractivity contribution in [3.8, 4) is 0 Å². The molecule has 0 saturated carbocycles. The predicted molar refractivity (Wildman–Crippen MR) is 106 cm³/mol. The highest BCUT2D eigenvalue weighted by atomic mass is 79.9. The molecule has 3 rings (SSSR count). The van der Waals surface area contributed by atoms with E-state index in [1.807, 2.05) is 48.5 Å². The maximum Gasteiger partial charge on any atom is 0.230 e. The summed E-state index contributed by atoms with van der Waals surface area (Å²) in [5.74, 6) is 0.330. The van der Waals surface area contributed by atoms with Gasteiger partial charge in [-0.3, -0.25) is 4.79 Å². The third kappa shape index (κ3) is 4.58. The molecule has 1 aromatic heterocycles. The SMILES string of the molecule is CC[C@H](NC(=O)CSc1ncnc2ccccc12)c1ccc(Br)cc1. The molecule has 0 spiro atoms. The normalized spacial score (nSPS) is 12.1. The number of rotatable bonds is 6. The molecule has 0 radical (unpaired) electrons. The van der Waals surface area contributed by atoms with Crippen LogP contribution in [-0.2, 0) is 4.79 Å². The second-order valence-corrected chi connectivity index (χ2v) is 7.44. The van der Waals surface area contributed by atoms with Gasteiger partial charge in [0.25, 0.3) is 0 Å². The van der Waals surface area contributed by atoms with Crippen molar-refractivity contribution in [2.24, 2.45) is 0 Å². The van der Waals surface area contributed by atoms with Crippen molar-refractivity contribution in [1.29, 1.82) is 0 Å². The zero-order chi connectivity index (χ0) is 17.6. The molecule has 0 aliphatic carbocycles. The standard InChI is InChI=1S/C19H18BrN3OS/c1-2-16(13-7-9-14(20)10-8-13)23-18(24)11-25-19-15-5-3-4-6-17(15)21-12-22-19/h3-10,12,16H,2,11H2,1H3,(H,23,24)/t16-/m0/s1. The Morgan fingerprint density at radius 1 is 1.16 bits per heavy atom. The molecule has 0 saturated heterocycles. The summed E-state index contributed by atoms with van der Waals surface area (Å²) in [5, 5.41) is 4.91. The average Bonchev–Trinajstić information content (AvgIpc) is 2.65. The van der Waals surface area contributed by atoms with Gasteiger partial charge in [0.05, 0.1) is 17.3 Å². The first-order valence-electron chi connectivity index (χ1n) is 8.04. The van der Waals surface area contributed by atoms with E-state index in [9.17, 15) is 4.79 Å². The summed E-state index contributed by atoms with van der Waals surface area (Å²) >= 11 is 4.87. The van der Waals surface area contributed by atoms with Gasteiger partial charge < -0.3 is 5.32 Å². The van der Waals surface area contributed by atoms with Crippen molar-refractivity contribution >= 4 is 44.5 Å². The number of amides is 1. The number of nitrogens with one attached hydrogen (secondary N) is 1. The van der Waals surface area contributed by atoms with Crippen LogP contribution in [0, 0.1) is 0 Å². The molecular weight excluding hydrogens is 398 g/mol. The Hall–Kier alpha value is -1.92. The van der Waals surface area contributed by atoms with Crippen molar-refractivity contribution in [1.82, 2.24) is 15.3 Å². The molecular formula is C19H18BrN3OS. The van der Waals surface area contributed by atoms with E-state index in [2.05, 4.69) is 38.1 Å². The molecule has 0 aliphatic heterocycles. The largest absolute Gasteiger partial charge is 0.349 e. The van der Waals surface area contributed by atoms with E-state index in [0.29, 0.717) is 5.75 Å². The van der Waals surface area contributed by atoms with E-state index < -0.39 is 0 Å². The molecule has 0 bridgehead atoms. The molecule has 25 heavy (non-hydrogen) atoms. The minimum absolute atomic E-state index is 0.00228. The van der Waals surface area contributed by atoms with Gasteiger partial charge >= 0.3 is 0 Å². The Morgan fingerprint density at radius 2 is 1.92 bits per heavy atom. The summed E-state index contributed by atoms with van der Waals surface area (Å²) < 4.78 is 1.03. The van der Waals surface area contributed by atoms with Crippen LogP contribution >= 0.6 is 27.7 Å². The second kappa shape index (κ2) is 8.45. The summed E-state index contributed by atoms with van der Waals surface area (Å²) in [7, 11) is 0. The minimum atomic E-state index is 0.00228. The number of carbonyl (C=O) groups excluding carboxylic acids is 1. The van der Waals surface area contributed by atoms with E-state index in [1.165, 1.54) is 11.8 Å². The average molecular weight is 416 g/mol. The molecule has 0 aliphatic rings. The van der Waals surface area contributed by atoms with E-state index in [0.717, 1.165) is 32.4 Å². The first-order valence-corrected chi connectivity index (χ1v) is 9.82. The lowest BCUT2D eigenvalue weighted by Gasteiger charge is -2.17. The van der Waals surface area contributed by atoms with E-state index >= 15 is 0 Å². The van der Waals surface area contributed by atoms with E-state index in [4.69, 9.17) is 0 Å². The molecule has 1 amide bonds. The monoisotopic (exact) mass is 415 g/mol. The second-order valence-electron chi connectivity index (χ2n) is 5.56. The summed E-state index contributed by atoms with van der Waals surface area (Å²) in [4.78, 5) is 20.9. The van der Waals surface area contributed by atoms with E-state index in [-0.39, 0.29) is 11.9 Å². The number of thioether (sulfide) groups is 1. The molecule has 3 aromatic rings. The van der Waals surface area contributed by atoms with Crippen molar-refractivity contribution in [3.05, 3.63) is 64.9 Å². The van der Waals surface area contributed by atoms with Gasteiger partial charge in [-0.1, -0.05) is 64.9 Å². The number of hydrogen-bond acceptors (Lipinski definition) is 4. The Labute approximate surface area is 159 Å². The van der Waals surface area contributed by atoms with Crippen LogP contribution in [0.15, 0.2) is 64.4 Å². The van der Waals surface area contributed by atoms with Crippen LogP contribution in [0.3, 0.4) is 0 Å². The highest BCUT2D eigenvalue weighted by Gasteiger charge is 2.14. The summed E-state index contributed by atoms with van der Waals surface area (Å²) in [6.07, 6.45) is 2.38. The smallest absolute Gasteiger partial charge is 0.230 e. The Balaban J connectivity index is 1.64. The van der Waals surface area contributed by atoms with Gasteiger partial charge in [-0.2, -0.15) is 0 Å². The van der Waals surface area contributed by atoms with Gasteiger partial charge in [-0.05, 0) is 30.2 Å². The zero-order valence-corrected chi connectivity index (χ0v) is 16.2. The molecule has 1 heterocycles. The fraction of sp³-hybridized carbons (Fsp3) is 0.211. The molecule has 2 aromatic carbocycles. The number of nitrogens with zero attached hydrogens (tertiary/aromatic N) is 2. The van der Waals surface area contributed by atoms with Gasteiger partial charge in [0, 0.05) is 9.86 Å². The van der Waals surface area contributed by atoms with Crippen LogP contribution in [0.5, 0.6) is 0 Å². The number of aromatic nitrogens is 2. The molecule has 6 heteroatoms. The maximum atomic E-state index is 12.4. The number of hydrogen-bond donors (Lipinski definition) is 1. The van der Waals surface area contributed by atoms with Gasteiger partial charge in [0.15, 0.2) is 0 Å². The van der Waals surface area contributed by atoms with Crippen molar-refractivity contribution in [2.45, 2.75) is 24.4 Å². The van der Waals surface area contributed by atoms with Crippen molar-refractivity contribution in [2.75, 3.05) is 5.75 Å². The lowest BCUT2D eigenvalue weighted by molar-refractivity contribution is -0.119. The van der Waals surface area contributed by atoms with Crippen molar-refractivity contribution < 1.29 is 4.79 Å². The van der Waals surface area contributed by atoms with Crippen LogP contribution < -0.4 is 5.32 Å². The van der Waals surface area contributed by atoms with Crippen LogP contribution in [0.4, 0.5) is 0 Å². The molecule has 0 unspecified atom stereocenters. The molecule has 128 valence electrons. The Morgan fingerprint density at radius 3 is 2.68 bits per heavy atom. The fourth-order valence-electron chi connectivity index (χ4n) is 2.58. The molecule has 0 fully saturated rings. The molecule has 1 N–H and O–H groups in total. The first kappa shape index (κ1) is 17.9. The third-order valence-corrected chi connectivity index (χ3v) is 5.40. The highest BCUT2D eigenvalue weighted by molar-refractivity contribution is 9.10. The lowest BCUT2D eigenvalue weighted by atomic mass is 10.0. The lowest BCUT2D eigenvalue weighted by Crippen LogP contribution is -2.29. The topological polar surface area (TPSA) is 54.9 Å². The zero-order valence-electron chi connectivity index (χ0n) is 13.8. The maximum absolute atomic E-state index is 12.4. The number of benzene rings is 2. The molecule has 1 atom stereocenters. The van der Waals surface area contributed by atoms with Crippen LogP contribution in [-0.4, -0.2) is 21.6 Å². The number of halogens is 1. The van der Waals surface area contributed by atoms with Gasteiger partial charge in [0.1, 0.15) is 11.4 Å². The van der Waals surface area contributed by atoms with Gasteiger partial charge in [-0.25, -0.2) is 9.97 Å². The first-order chi connectivity index (χ1) is 12.2. The summed E-state index contributed by atoms with van der Waals surface area (Å²) in [5.41, 5.74) is 2.00. The fourth-order valence-corrected chi connectivity index (χ4v) is 3.65. The van der Waals surface area contributed by atoms with Gasteiger partial charge in [-0.15, -0.1) is 0 Å². The third-order valence-electron chi connectivity index (χ3n) is 3.86. The van der Waals surface area contributed by atoms with Crippen LogP contribution in [0.1, 0.15) is 24.9 Å².